The summed E-state index contributed by atoms with van der Waals surface area (Å²) in [4.78, 5) is 16.5. The van der Waals surface area contributed by atoms with Crippen LogP contribution in [0.15, 0.2) is 18.3 Å². The van der Waals surface area contributed by atoms with E-state index in [9.17, 15) is 4.79 Å². The molecule has 4 atom stereocenters. The number of urea groups is 1. The average Bonchev–Trinajstić information content (AvgIpc) is 2.96. The maximum atomic E-state index is 12.3. The molecule has 3 aliphatic rings. The molecular formula is C18H22N4O2. The fourth-order valence-electron chi connectivity index (χ4n) is 4.75. The van der Waals surface area contributed by atoms with E-state index in [0.29, 0.717) is 48.9 Å². The van der Waals surface area contributed by atoms with Crippen molar-refractivity contribution in [2.24, 2.45) is 23.7 Å². The van der Waals surface area contributed by atoms with Gasteiger partial charge in [0.05, 0.1) is 12.7 Å². The number of carbonyl (C=O) groups excluding carboxylic acids is 1. The fraction of sp³-hybridized carbons (Fsp3) is 0.611. The molecule has 4 rings (SSSR count). The van der Waals surface area contributed by atoms with Gasteiger partial charge in [0.25, 0.3) is 0 Å². The summed E-state index contributed by atoms with van der Waals surface area (Å²) in [5.41, 5.74) is 0. The summed E-state index contributed by atoms with van der Waals surface area (Å²) >= 11 is 0. The van der Waals surface area contributed by atoms with E-state index >= 15 is 0 Å². The lowest BCUT2D eigenvalue weighted by Crippen LogP contribution is -2.34. The molecule has 0 unspecified atom stereocenters. The van der Waals surface area contributed by atoms with Gasteiger partial charge in [-0.15, -0.1) is 0 Å². The first-order valence-electron chi connectivity index (χ1n) is 8.80. The largest absolute Gasteiger partial charge is 0.490 e. The monoisotopic (exact) mass is 326 g/mol. The number of nitrogens with one attached hydrogen (secondary N) is 2. The Morgan fingerprint density at radius 2 is 2.17 bits per heavy atom. The zero-order valence-corrected chi connectivity index (χ0v) is 13.6. The second-order valence-electron chi connectivity index (χ2n) is 7.07. The highest BCUT2D eigenvalue weighted by atomic mass is 16.5. The highest BCUT2D eigenvalue weighted by molar-refractivity contribution is 5.90. The van der Waals surface area contributed by atoms with Crippen LogP contribution in [0.25, 0.3) is 0 Å². The molecule has 0 radical (unpaired) electrons. The van der Waals surface area contributed by atoms with Crippen molar-refractivity contribution in [2.45, 2.75) is 38.1 Å². The molecule has 3 aliphatic carbocycles. The highest BCUT2D eigenvalue weighted by Gasteiger charge is 2.65. The SMILES string of the molecule is N#CCCCOc1cccnc1NC(=O)NC1[C@@H]2[C@H]3CC[C@@H](C3)[C@@H]12. The Balaban J connectivity index is 1.31. The van der Waals surface area contributed by atoms with Crippen LogP contribution in [0, 0.1) is 35.0 Å². The van der Waals surface area contributed by atoms with Crippen molar-refractivity contribution in [3.05, 3.63) is 18.3 Å². The summed E-state index contributed by atoms with van der Waals surface area (Å²) in [5, 5.41) is 14.5. The molecule has 24 heavy (non-hydrogen) atoms. The number of unbranched alkanes of at least 4 members (excludes halogenated alkanes) is 1. The Hall–Kier alpha value is -2.29. The Bertz CT molecular complexity index is 655. The first-order valence-corrected chi connectivity index (χ1v) is 8.80. The summed E-state index contributed by atoms with van der Waals surface area (Å²) in [7, 11) is 0. The van der Waals surface area contributed by atoms with Gasteiger partial charge in [-0.05, 0) is 61.5 Å². The number of anilines is 1. The number of pyridine rings is 1. The lowest BCUT2D eigenvalue weighted by molar-refractivity contribution is 0.249. The summed E-state index contributed by atoms with van der Waals surface area (Å²) < 4.78 is 5.62. The topological polar surface area (TPSA) is 87.0 Å². The Kier molecular flexibility index (Phi) is 4.01. The number of hydrogen-bond donors (Lipinski definition) is 2. The number of rotatable bonds is 6. The van der Waals surface area contributed by atoms with Crippen molar-refractivity contribution < 1.29 is 9.53 Å². The van der Waals surface area contributed by atoms with Crippen molar-refractivity contribution in [1.29, 1.82) is 5.26 Å². The van der Waals surface area contributed by atoms with Crippen LogP contribution in [0.2, 0.25) is 0 Å². The van der Waals surface area contributed by atoms with Crippen molar-refractivity contribution in [1.82, 2.24) is 10.3 Å². The minimum atomic E-state index is -0.200. The third kappa shape index (κ3) is 2.79. The second-order valence-corrected chi connectivity index (χ2v) is 7.07. The molecule has 3 saturated carbocycles. The van der Waals surface area contributed by atoms with Gasteiger partial charge in [0.1, 0.15) is 0 Å². The lowest BCUT2D eigenvalue weighted by atomic mass is 10.0. The van der Waals surface area contributed by atoms with Crippen LogP contribution in [0.5, 0.6) is 5.75 Å². The van der Waals surface area contributed by atoms with Crippen LogP contribution >= 0.6 is 0 Å². The molecule has 126 valence electrons. The molecule has 0 aromatic carbocycles. The molecule has 1 heterocycles. The molecule has 2 N–H and O–H groups in total. The van der Waals surface area contributed by atoms with Crippen LogP contribution < -0.4 is 15.4 Å². The van der Waals surface area contributed by atoms with Gasteiger partial charge in [0, 0.05) is 18.7 Å². The standard InChI is InChI=1S/C18H22N4O2/c19-7-1-2-9-24-13-4-3-8-20-17(13)22-18(23)21-16-14-11-5-6-12(10-11)15(14)16/h3-4,8,11-12,14-16H,1-2,5-6,9-10H2,(H2,20,21,22,23)/t11-,12-,14+,15+/m0/s1. The zero-order chi connectivity index (χ0) is 16.5. The van der Waals surface area contributed by atoms with E-state index in [1.165, 1.54) is 19.3 Å². The second kappa shape index (κ2) is 6.31. The van der Waals surface area contributed by atoms with Gasteiger partial charge in [0.15, 0.2) is 11.6 Å². The molecule has 0 aliphatic heterocycles. The Labute approximate surface area is 141 Å². The Morgan fingerprint density at radius 1 is 1.38 bits per heavy atom. The summed E-state index contributed by atoms with van der Waals surface area (Å²) in [6.07, 6.45) is 6.79. The first-order chi connectivity index (χ1) is 11.8. The van der Waals surface area contributed by atoms with Crippen LogP contribution in [-0.4, -0.2) is 23.7 Å². The van der Waals surface area contributed by atoms with E-state index in [-0.39, 0.29) is 6.03 Å². The third-order valence-electron chi connectivity index (χ3n) is 5.73. The smallest absolute Gasteiger partial charge is 0.320 e. The van der Waals surface area contributed by atoms with Crippen molar-refractivity contribution in [2.75, 3.05) is 11.9 Å². The quantitative estimate of drug-likeness (QED) is 0.787. The summed E-state index contributed by atoms with van der Waals surface area (Å²) in [6.45, 7) is 0.436. The summed E-state index contributed by atoms with van der Waals surface area (Å²) in [6, 6.07) is 5.78. The molecule has 0 saturated heterocycles. The van der Waals surface area contributed by atoms with E-state index in [4.69, 9.17) is 10.00 Å². The van der Waals surface area contributed by atoms with E-state index < -0.39 is 0 Å². The average molecular weight is 326 g/mol. The minimum absolute atomic E-state index is 0.200. The van der Waals surface area contributed by atoms with Gasteiger partial charge < -0.3 is 10.1 Å². The number of amides is 2. The number of aromatic nitrogens is 1. The zero-order valence-electron chi connectivity index (χ0n) is 13.6. The van der Waals surface area contributed by atoms with Crippen LogP contribution in [0.1, 0.15) is 32.1 Å². The fourth-order valence-corrected chi connectivity index (χ4v) is 4.75. The van der Waals surface area contributed by atoms with Gasteiger partial charge in [0.2, 0.25) is 0 Å². The molecule has 6 heteroatoms. The number of nitrogens with zero attached hydrogens (tertiary/aromatic N) is 2. The minimum Gasteiger partial charge on any atom is -0.490 e. The molecule has 6 nitrogen and oxygen atoms in total. The maximum absolute atomic E-state index is 12.3. The molecule has 3 fully saturated rings. The summed E-state index contributed by atoms with van der Waals surface area (Å²) in [5.74, 6) is 4.06. The van der Waals surface area contributed by atoms with E-state index in [0.717, 1.165) is 11.8 Å². The number of ether oxygens (including phenoxy) is 1. The number of carbonyl (C=O) groups is 1. The predicted octanol–water partition coefficient (Wildman–Crippen LogP) is 2.93. The third-order valence-corrected chi connectivity index (χ3v) is 5.73. The molecule has 0 spiro atoms. The Morgan fingerprint density at radius 3 is 2.92 bits per heavy atom. The number of hydrogen-bond acceptors (Lipinski definition) is 4. The molecule has 2 bridgehead atoms. The van der Waals surface area contributed by atoms with E-state index in [1.54, 1.807) is 18.3 Å². The van der Waals surface area contributed by atoms with Gasteiger partial charge in [-0.3, -0.25) is 5.32 Å². The highest BCUT2D eigenvalue weighted by Crippen LogP contribution is 2.65. The van der Waals surface area contributed by atoms with Gasteiger partial charge in [-0.25, -0.2) is 9.78 Å². The van der Waals surface area contributed by atoms with Crippen LogP contribution in [0.4, 0.5) is 10.6 Å². The number of nitriles is 1. The van der Waals surface area contributed by atoms with Crippen molar-refractivity contribution in [3.8, 4) is 11.8 Å². The normalized spacial score (nSPS) is 31.9. The molecular weight excluding hydrogens is 304 g/mol. The number of fused-ring (bicyclic) bond motifs is 5. The van der Waals surface area contributed by atoms with Gasteiger partial charge >= 0.3 is 6.03 Å². The van der Waals surface area contributed by atoms with Gasteiger partial charge in [-0.1, -0.05) is 0 Å². The maximum Gasteiger partial charge on any atom is 0.320 e. The predicted molar refractivity (Wildman–Crippen MR) is 88.3 cm³/mol. The van der Waals surface area contributed by atoms with Crippen molar-refractivity contribution in [3.63, 3.8) is 0 Å². The first kappa shape index (κ1) is 15.3. The van der Waals surface area contributed by atoms with Crippen LogP contribution in [-0.2, 0) is 0 Å². The van der Waals surface area contributed by atoms with Crippen LogP contribution in [0.3, 0.4) is 0 Å². The van der Waals surface area contributed by atoms with Crippen molar-refractivity contribution >= 4 is 11.8 Å². The lowest BCUT2D eigenvalue weighted by Gasteiger charge is -2.13. The molecule has 1 aromatic rings. The molecule has 1 aromatic heterocycles. The van der Waals surface area contributed by atoms with E-state index in [1.807, 2.05) is 0 Å². The van der Waals surface area contributed by atoms with Gasteiger partial charge in [-0.2, -0.15) is 5.26 Å². The molecule has 2 amide bonds. The van der Waals surface area contributed by atoms with E-state index in [2.05, 4.69) is 21.7 Å².